The SMILES string of the molecule is Cc1cccc(NC(=O)NCC(=O)N2CCC(NCC3CC3)CC2)c1.Cl. The van der Waals surface area contributed by atoms with Crippen molar-refractivity contribution in [1.29, 1.82) is 0 Å². The predicted octanol–water partition coefficient (Wildman–Crippen LogP) is 2.53. The number of carbonyl (C=O) groups is 2. The van der Waals surface area contributed by atoms with Gasteiger partial charge in [0.15, 0.2) is 0 Å². The Morgan fingerprint density at radius 2 is 1.88 bits per heavy atom. The van der Waals surface area contributed by atoms with Gasteiger partial charge in [0.2, 0.25) is 5.91 Å². The van der Waals surface area contributed by atoms with Gasteiger partial charge >= 0.3 is 6.03 Å². The molecule has 2 aliphatic rings. The van der Waals surface area contributed by atoms with E-state index in [1.165, 1.54) is 12.8 Å². The summed E-state index contributed by atoms with van der Waals surface area (Å²) in [6, 6.07) is 7.75. The molecule has 0 atom stereocenters. The number of urea groups is 1. The van der Waals surface area contributed by atoms with E-state index in [0.717, 1.165) is 49.6 Å². The van der Waals surface area contributed by atoms with E-state index < -0.39 is 0 Å². The van der Waals surface area contributed by atoms with E-state index in [1.54, 1.807) is 0 Å². The number of nitrogens with zero attached hydrogens (tertiary/aromatic N) is 1. The van der Waals surface area contributed by atoms with Crippen molar-refractivity contribution in [3.05, 3.63) is 29.8 Å². The molecule has 6 nitrogen and oxygen atoms in total. The first kappa shape index (κ1) is 20.5. The standard InChI is InChI=1S/C19H28N4O2.ClH/c1-14-3-2-4-17(11-14)22-19(25)21-13-18(24)23-9-7-16(8-10-23)20-12-15-5-6-15;/h2-4,11,15-16,20H,5-10,12-13H2,1H3,(H2,21,22,25);1H. The molecule has 1 aromatic rings. The van der Waals surface area contributed by atoms with Crippen molar-refractivity contribution in [2.75, 3.05) is 31.5 Å². The zero-order chi connectivity index (χ0) is 17.6. The van der Waals surface area contributed by atoms with Crippen LogP contribution in [0, 0.1) is 12.8 Å². The van der Waals surface area contributed by atoms with Crippen molar-refractivity contribution in [3.63, 3.8) is 0 Å². The fourth-order valence-electron chi connectivity index (χ4n) is 3.15. The number of hydrogen-bond acceptors (Lipinski definition) is 3. The van der Waals surface area contributed by atoms with Crippen LogP contribution in [-0.2, 0) is 4.79 Å². The summed E-state index contributed by atoms with van der Waals surface area (Å²) in [5.74, 6) is 0.871. The Labute approximate surface area is 161 Å². The summed E-state index contributed by atoms with van der Waals surface area (Å²) in [5, 5.41) is 9.01. The number of hydrogen-bond donors (Lipinski definition) is 3. The maximum atomic E-state index is 12.3. The zero-order valence-corrected chi connectivity index (χ0v) is 16.1. The molecule has 3 N–H and O–H groups in total. The van der Waals surface area contributed by atoms with Crippen LogP contribution in [0.15, 0.2) is 24.3 Å². The maximum Gasteiger partial charge on any atom is 0.319 e. The summed E-state index contributed by atoms with van der Waals surface area (Å²) in [5.41, 5.74) is 1.81. The number of amides is 3. The number of anilines is 1. The van der Waals surface area contributed by atoms with E-state index in [2.05, 4.69) is 16.0 Å². The molecule has 1 aliphatic carbocycles. The third-order valence-corrected chi connectivity index (χ3v) is 4.92. The first-order chi connectivity index (χ1) is 12.1. The Morgan fingerprint density at radius 1 is 1.15 bits per heavy atom. The molecule has 0 bridgehead atoms. The van der Waals surface area contributed by atoms with Crippen LogP contribution in [0.25, 0.3) is 0 Å². The molecule has 0 radical (unpaired) electrons. The van der Waals surface area contributed by atoms with Crippen molar-refractivity contribution in [2.24, 2.45) is 5.92 Å². The zero-order valence-electron chi connectivity index (χ0n) is 15.3. The summed E-state index contributed by atoms with van der Waals surface area (Å²) < 4.78 is 0. The fraction of sp³-hybridized carbons (Fsp3) is 0.579. The van der Waals surface area contributed by atoms with Crippen molar-refractivity contribution in [1.82, 2.24) is 15.5 Å². The summed E-state index contributed by atoms with van der Waals surface area (Å²) in [6.45, 7) is 4.66. The number of carbonyl (C=O) groups excluding carboxylic acids is 2. The molecule has 1 aromatic carbocycles. The number of rotatable bonds is 6. The molecular weight excluding hydrogens is 352 g/mol. The van der Waals surface area contributed by atoms with E-state index in [9.17, 15) is 9.59 Å². The van der Waals surface area contributed by atoms with Crippen molar-refractivity contribution < 1.29 is 9.59 Å². The Bertz CT molecular complexity index is 613. The molecule has 0 aromatic heterocycles. The van der Waals surface area contributed by atoms with Gasteiger partial charge in [-0.05, 0) is 62.8 Å². The second kappa shape index (κ2) is 9.78. The van der Waals surface area contributed by atoms with Gasteiger partial charge in [-0.1, -0.05) is 12.1 Å². The molecule has 1 saturated carbocycles. The monoisotopic (exact) mass is 380 g/mol. The van der Waals surface area contributed by atoms with Gasteiger partial charge in [0.05, 0.1) is 6.54 Å². The lowest BCUT2D eigenvalue weighted by Gasteiger charge is -2.32. The minimum atomic E-state index is -0.347. The molecule has 7 heteroatoms. The highest BCUT2D eigenvalue weighted by molar-refractivity contribution is 5.92. The third-order valence-electron chi connectivity index (χ3n) is 4.92. The third kappa shape index (κ3) is 6.50. The Morgan fingerprint density at radius 3 is 2.54 bits per heavy atom. The summed E-state index contributed by atoms with van der Waals surface area (Å²) in [7, 11) is 0. The highest BCUT2D eigenvalue weighted by atomic mass is 35.5. The van der Waals surface area contributed by atoms with Gasteiger partial charge in [-0.15, -0.1) is 12.4 Å². The Kier molecular flexibility index (Phi) is 7.72. The highest BCUT2D eigenvalue weighted by Crippen LogP contribution is 2.28. The first-order valence-corrected chi connectivity index (χ1v) is 9.23. The van der Waals surface area contributed by atoms with Gasteiger partial charge in [-0.2, -0.15) is 0 Å². The number of aryl methyl sites for hydroxylation is 1. The quantitative estimate of drug-likeness (QED) is 0.710. The largest absolute Gasteiger partial charge is 0.341 e. The lowest BCUT2D eigenvalue weighted by Crippen LogP contribution is -2.48. The van der Waals surface area contributed by atoms with Gasteiger partial charge in [0.1, 0.15) is 0 Å². The highest BCUT2D eigenvalue weighted by Gasteiger charge is 2.25. The smallest absolute Gasteiger partial charge is 0.319 e. The van der Waals surface area contributed by atoms with E-state index in [-0.39, 0.29) is 30.9 Å². The molecule has 1 aliphatic heterocycles. The van der Waals surface area contributed by atoms with Gasteiger partial charge in [-0.25, -0.2) is 4.79 Å². The van der Waals surface area contributed by atoms with Gasteiger partial charge in [0.25, 0.3) is 0 Å². The van der Waals surface area contributed by atoms with Gasteiger partial charge in [-0.3, -0.25) is 4.79 Å². The summed E-state index contributed by atoms with van der Waals surface area (Å²) >= 11 is 0. The fourth-order valence-corrected chi connectivity index (χ4v) is 3.15. The van der Waals surface area contributed by atoms with Crippen LogP contribution < -0.4 is 16.0 Å². The van der Waals surface area contributed by atoms with E-state index in [1.807, 2.05) is 36.1 Å². The molecule has 3 rings (SSSR count). The lowest BCUT2D eigenvalue weighted by molar-refractivity contribution is -0.131. The average molecular weight is 381 g/mol. The second-order valence-corrected chi connectivity index (χ2v) is 7.18. The molecule has 1 heterocycles. The molecule has 144 valence electrons. The average Bonchev–Trinajstić information content (AvgIpc) is 3.43. The van der Waals surface area contributed by atoms with Crippen LogP contribution in [0.3, 0.4) is 0 Å². The predicted molar refractivity (Wildman–Crippen MR) is 106 cm³/mol. The molecule has 26 heavy (non-hydrogen) atoms. The van der Waals surface area contributed by atoms with Crippen molar-refractivity contribution in [3.8, 4) is 0 Å². The summed E-state index contributed by atoms with van der Waals surface area (Å²) in [4.78, 5) is 26.0. The minimum absolute atomic E-state index is 0. The van der Waals surface area contributed by atoms with Gasteiger partial charge < -0.3 is 20.9 Å². The molecular formula is C19H29ClN4O2. The topological polar surface area (TPSA) is 73.5 Å². The normalized spacial score (nSPS) is 17.3. The number of likely N-dealkylation sites (tertiary alicyclic amines) is 1. The van der Waals surface area contributed by atoms with Crippen molar-refractivity contribution >= 4 is 30.0 Å². The maximum absolute atomic E-state index is 12.3. The van der Waals surface area contributed by atoms with Gasteiger partial charge in [0, 0.05) is 24.8 Å². The van der Waals surface area contributed by atoms with E-state index in [4.69, 9.17) is 0 Å². The van der Waals surface area contributed by atoms with Crippen LogP contribution in [0.1, 0.15) is 31.2 Å². The number of piperidine rings is 1. The Hall–Kier alpha value is -1.79. The number of halogens is 1. The molecule has 0 spiro atoms. The summed E-state index contributed by atoms with van der Waals surface area (Å²) in [6.07, 6.45) is 4.71. The van der Waals surface area contributed by atoms with Crippen LogP contribution >= 0.6 is 12.4 Å². The van der Waals surface area contributed by atoms with Crippen LogP contribution in [0.4, 0.5) is 10.5 Å². The second-order valence-electron chi connectivity index (χ2n) is 7.18. The lowest BCUT2D eigenvalue weighted by atomic mass is 10.0. The Balaban J connectivity index is 0.00000243. The van der Waals surface area contributed by atoms with E-state index >= 15 is 0 Å². The number of benzene rings is 1. The molecule has 1 saturated heterocycles. The van der Waals surface area contributed by atoms with Crippen molar-refractivity contribution in [2.45, 2.75) is 38.6 Å². The molecule has 0 unspecified atom stereocenters. The molecule has 2 fully saturated rings. The van der Waals surface area contributed by atoms with Crippen LogP contribution in [0.5, 0.6) is 0 Å². The number of nitrogens with one attached hydrogen (secondary N) is 3. The van der Waals surface area contributed by atoms with Crippen LogP contribution in [0.2, 0.25) is 0 Å². The molecule has 3 amide bonds. The first-order valence-electron chi connectivity index (χ1n) is 9.23. The van der Waals surface area contributed by atoms with E-state index in [0.29, 0.717) is 6.04 Å². The van der Waals surface area contributed by atoms with Crippen LogP contribution in [-0.4, -0.2) is 49.1 Å². The minimum Gasteiger partial charge on any atom is -0.341 e.